The third kappa shape index (κ3) is 7.53. The van der Waals surface area contributed by atoms with Crippen LogP contribution in [0.5, 0.6) is 11.5 Å². The quantitative estimate of drug-likeness (QED) is 0.330. The Hall–Kier alpha value is -2.17. The van der Waals surface area contributed by atoms with Gasteiger partial charge in [-0.05, 0) is 50.2 Å². The van der Waals surface area contributed by atoms with E-state index in [0.29, 0.717) is 11.4 Å². The first-order valence-corrected chi connectivity index (χ1v) is 7.91. The Kier molecular flexibility index (Phi) is 9.19. The first-order chi connectivity index (χ1) is 12.3. The zero-order chi connectivity index (χ0) is 19.1. The van der Waals surface area contributed by atoms with Gasteiger partial charge in [-0.1, -0.05) is 6.07 Å². The first-order valence-electron chi connectivity index (χ1n) is 7.91. The van der Waals surface area contributed by atoms with E-state index in [4.69, 9.17) is 10.5 Å². The van der Waals surface area contributed by atoms with Crippen LogP contribution in [0.4, 0.5) is 18.9 Å². The average Bonchev–Trinajstić information content (AvgIpc) is 2.55. The summed E-state index contributed by atoms with van der Waals surface area (Å²) in [5.41, 5.74) is 6.32. The molecule has 9 heteroatoms. The standard InChI is InChI=1S/C18H20F3N3O2.HI/c1-11(2)25-13-8-6-12(7-9-13)24-18(22)23-10-14-15(19)4-3-5-16(14)26-17(20)21;/h3-9,11,17H,10H2,1-2H3,(H3,22,23,24);1H. The van der Waals surface area contributed by atoms with Crippen LogP contribution in [0.2, 0.25) is 0 Å². The number of ether oxygens (including phenoxy) is 2. The van der Waals surface area contributed by atoms with Crippen LogP contribution in [0.15, 0.2) is 47.5 Å². The zero-order valence-electron chi connectivity index (χ0n) is 14.8. The van der Waals surface area contributed by atoms with Crippen LogP contribution in [0.3, 0.4) is 0 Å². The predicted octanol–water partition coefficient (Wildman–Crippen LogP) is 4.76. The summed E-state index contributed by atoms with van der Waals surface area (Å²) in [6.07, 6.45) is 0.0610. The molecule has 3 N–H and O–H groups in total. The van der Waals surface area contributed by atoms with E-state index in [1.807, 2.05) is 13.8 Å². The number of halogens is 4. The van der Waals surface area contributed by atoms with Gasteiger partial charge in [-0.15, -0.1) is 24.0 Å². The van der Waals surface area contributed by atoms with Crippen LogP contribution in [0.1, 0.15) is 19.4 Å². The smallest absolute Gasteiger partial charge is 0.387 e. The molecule has 0 aromatic heterocycles. The second-order valence-electron chi connectivity index (χ2n) is 5.61. The summed E-state index contributed by atoms with van der Waals surface area (Å²) in [5.74, 6) is -0.253. The van der Waals surface area contributed by atoms with Crippen molar-refractivity contribution in [1.29, 1.82) is 0 Å². The van der Waals surface area contributed by atoms with Gasteiger partial charge in [0.1, 0.15) is 17.3 Å². The minimum Gasteiger partial charge on any atom is -0.491 e. The normalized spacial score (nSPS) is 11.3. The van der Waals surface area contributed by atoms with E-state index < -0.39 is 12.4 Å². The van der Waals surface area contributed by atoms with Gasteiger partial charge in [0.05, 0.1) is 18.2 Å². The molecule has 0 heterocycles. The van der Waals surface area contributed by atoms with E-state index in [1.54, 1.807) is 24.3 Å². The molecule has 148 valence electrons. The fourth-order valence-corrected chi connectivity index (χ4v) is 2.14. The summed E-state index contributed by atoms with van der Waals surface area (Å²) < 4.78 is 48.5. The molecular weight excluding hydrogens is 474 g/mol. The maximum Gasteiger partial charge on any atom is 0.387 e. The number of rotatable bonds is 7. The summed E-state index contributed by atoms with van der Waals surface area (Å²) >= 11 is 0. The minimum atomic E-state index is -3.05. The molecule has 0 aliphatic rings. The lowest BCUT2D eigenvalue weighted by Crippen LogP contribution is -2.22. The lowest BCUT2D eigenvalue weighted by molar-refractivity contribution is -0.0506. The summed E-state index contributed by atoms with van der Waals surface area (Å²) in [7, 11) is 0. The molecule has 0 saturated carbocycles. The maximum atomic E-state index is 13.9. The molecule has 0 fully saturated rings. The van der Waals surface area contributed by atoms with E-state index in [1.165, 1.54) is 12.1 Å². The number of hydrogen-bond donors (Lipinski definition) is 2. The highest BCUT2D eigenvalue weighted by Gasteiger charge is 2.13. The van der Waals surface area contributed by atoms with Gasteiger partial charge < -0.3 is 20.5 Å². The monoisotopic (exact) mass is 495 g/mol. The Morgan fingerprint density at radius 1 is 1.11 bits per heavy atom. The summed E-state index contributed by atoms with van der Waals surface area (Å²) in [6, 6.07) is 10.7. The Balaban J connectivity index is 0.00000364. The fourth-order valence-electron chi connectivity index (χ4n) is 2.14. The molecule has 0 bridgehead atoms. The Labute approximate surface area is 172 Å². The van der Waals surface area contributed by atoms with E-state index >= 15 is 0 Å². The van der Waals surface area contributed by atoms with Gasteiger partial charge in [-0.2, -0.15) is 8.78 Å². The molecule has 0 atom stereocenters. The van der Waals surface area contributed by atoms with Gasteiger partial charge in [-0.25, -0.2) is 9.38 Å². The van der Waals surface area contributed by atoms with E-state index in [0.717, 1.165) is 6.07 Å². The Morgan fingerprint density at radius 3 is 2.37 bits per heavy atom. The fraction of sp³-hybridized carbons (Fsp3) is 0.278. The van der Waals surface area contributed by atoms with Gasteiger partial charge in [0, 0.05) is 5.69 Å². The van der Waals surface area contributed by atoms with E-state index in [-0.39, 0.29) is 53.9 Å². The van der Waals surface area contributed by atoms with Crippen molar-refractivity contribution in [3.05, 3.63) is 53.8 Å². The molecule has 5 nitrogen and oxygen atoms in total. The predicted molar refractivity (Wildman–Crippen MR) is 110 cm³/mol. The molecule has 0 amide bonds. The summed E-state index contributed by atoms with van der Waals surface area (Å²) in [6.45, 7) is 0.542. The number of nitrogens with one attached hydrogen (secondary N) is 1. The molecule has 2 aromatic rings. The van der Waals surface area contributed by atoms with Crippen LogP contribution in [-0.2, 0) is 6.54 Å². The molecule has 0 saturated heterocycles. The van der Waals surface area contributed by atoms with Crippen molar-refractivity contribution < 1.29 is 22.6 Å². The molecule has 0 radical (unpaired) electrons. The molecular formula is C18H21F3IN3O2. The topological polar surface area (TPSA) is 68.9 Å². The van der Waals surface area contributed by atoms with Crippen LogP contribution < -0.4 is 20.5 Å². The van der Waals surface area contributed by atoms with Crippen molar-refractivity contribution in [1.82, 2.24) is 0 Å². The number of anilines is 1. The molecule has 0 aliphatic carbocycles. The summed E-state index contributed by atoms with van der Waals surface area (Å²) in [5, 5.41) is 2.83. The second-order valence-corrected chi connectivity index (χ2v) is 5.61. The molecule has 27 heavy (non-hydrogen) atoms. The van der Waals surface area contributed by atoms with Gasteiger partial charge in [-0.3, -0.25) is 0 Å². The number of alkyl halides is 2. The number of nitrogens with zero attached hydrogens (tertiary/aromatic N) is 1. The third-order valence-electron chi connectivity index (χ3n) is 3.20. The van der Waals surface area contributed by atoms with Gasteiger partial charge in [0.2, 0.25) is 0 Å². The Morgan fingerprint density at radius 2 is 1.78 bits per heavy atom. The molecule has 2 rings (SSSR count). The van der Waals surface area contributed by atoms with E-state index in [2.05, 4.69) is 15.0 Å². The highest BCUT2D eigenvalue weighted by Crippen LogP contribution is 2.24. The Bertz CT molecular complexity index is 756. The summed E-state index contributed by atoms with van der Waals surface area (Å²) in [4.78, 5) is 3.98. The van der Waals surface area contributed by atoms with Crippen molar-refractivity contribution in [2.45, 2.75) is 33.1 Å². The third-order valence-corrected chi connectivity index (χ3v) is 3.20. The molecule has 0 unspecified atom stereocenters. The minimum absolute atomic E-state index is 0. The van der Waals surface area contributed by atoms with Gasteiger partial charge in [0.25, 0.3) is 0 Å². The first kappa shape index (κ1) is 22.9. The van der Waals surface area contributed by atoms with Crippen LogP contribution >= 0.6 is 24.0 Å². The highest BCUT2D eigenvalue weighted by atomic mass is 127. The van der Waals surface area contributed by atoms with Crippen molar-refractivity contribution >= 4 is 35.6 Å². The van der Waals surface area contributed by atoms with E-state index in [9.17, 15) is 13.2 Å². The van der Waals surface area contributed by atoms with Crippen LogP contribution in [0.25, 0.3) is 0 Å². The second kappa shape index (κ2) is 10.9. The number of benzene rings is 2. The average molecular weight is 495 g/mol. The highest BCUT2D eigenvalue weighted by molar-refractivity contribution is 14.0. The zero-order valence-corrected chi connectivity index (χ0v) is 17.1. The number of aliphatic imine (C=N–C) groups is 1. The lowest BCUT2D eigenvalue weighted by Gasteiger charge is -2.12. The van der Waals surface area contributed by atoms with Crippen molar-refractivity contribution in [3.63, 3.8) is 0 Å². The van der Waals surface area contributed by atoms with Gasteiger partial charge >= 0.3 is 6.61 Å². The number of hydrogen-bond acceptors (Lipinski definition) is 3. The molecule has 0 spiro atoms. The molecule has 0 aliphatic heterocycles. The van der Waals surface area contributed by atoms with Crippen molar-refractivity contribution in [2.75, 3.05) is 5.32 Å². The largest absolute Gasteiger partial charge is 0.491 e. The lowest BCUT2D eigenvalue weighted by atomic mass is 10.2. The number of guanidine groups is 1. The maximum absolute atomic E-state index is 13.9. The van der Waals surface area contributed by atoms with Crippen LogP contribution in [-0.4, -0.2) is 18.7 Å². The van der Waals surface area contributed by atoms with Crippen molar-refractivity contribution in [2.24, 2.45) is 10.7 Å². The van der Waals surface area contributed by atoms with Crippen molar-refractivity contribution in [3.8, 4) is 11.5 Å². The van der Waals surface area contributed by atoms with Gasteiger partial charge in [0.15, 0.2) is 5.96 Å². The molecule has 2 aromatic carbocycles. The number of nitrogens with two attached hydrogens (primary N) is 1. The SMILES string of the molecule is CC(C)Oc1ccc(NC(N)=NCc2c(F)cccc2OC(F)F)cc1.I. The van der Waals surface area contributed by atoms with Crippen LogP contribution in [0, 0.1) is 5.82 Å².